The number of hydrogen-bond donors (Lipinski definition) is 0. The van der Waals surface area contributed by atoms with Crippen molar-refractivity contribution < 1.29 is 0 Å². The highest BCUT2D eigenvalue weighted by molar-refractivity contribution is 5.91. The summed E-state index contributed by atoms with van der Waals surface area (Å²) >= 11 is 0. The van der Waals surface area contributed by atoms with Crippen molar-refractivity contribution >= 4 is 10.9 Å². The van der Waals surface area contributed by atoms with Crippen LogP contribution < -0.4 is 5.43 Å². The van der Waals surface area contributed by atoms with E-state index in [2.05, 4.69) is 29.7 Å². The van der Waals surface area contributed by atoms with Crippen molar-refractivity contribution in [1.82, 2.24) is 4.57 Å². The van der Waals surface area contributed by atoms with Crippen molar-refractivity contribution in [2.45, 2.75) is 13.3 Å². The Bertz CT molecular complexity index is 755. The minimum atomic E-state index is 0.0652. The quantitative estimate of drug-likeness (QED) is 0.596. The molecule has 18 heavy (non-hydrogen) atoms. The van der Waals surface area contributed by atoms with Crippen LogP contribution in [-0.4, -0.2) is 4.57 Å². The Morgan fingerprint density at radius 3 is 2.67 bits per heavy atom. The molecule has 90 valence electrons. The van der Waals surface area contributed by atoms with Gasteiger partial charge in [0.25, 0.3) is 0 Å². The second kappa shape index (κ2) is 3.98. The summed E-state index contributed by atoms with van der Waals surface area (Å²) in [7, 11) is 2.02. The minimum Gasteiger partial charge on any atom is -0.344 e. The van der Waals surface area contributed by atoms with Gasteiger partial charge in [-0.1, -0.05) is 25.1 Å². The van der Waals surface area contributed by atoms with Gasteiger partial charge in [-0.3, -0.25) is 4.79 Å². The lowest BCUT2D eigenvalue weighted by molar-refractivity contribution is 0.950. The predicted molar refractivity (Wildman–Crippen MR) is 75.2 cm³/mol. The van der Waals surface area contributed by atoms with E-state index >= 15 is 0 Å². The lowest BCUT2D eigenvalue weighted by Crippen LogP contribution is -2.08. The molecule has 0 radical (unpaired) electrons. The smallest absolute Gasteiger partial charge is 0.180 e. The van der Waals surface area contributed by atoms with E-state index in [4.69, 9.17) is 0 Å². The number of rotatable bonds is 1. The number of pyridine rings is 1. The number of fused-ring (bicyclic) bond motifs is 2. The van der Waals surface area contributed by atoms with Crippen LogP contribution in [0, 0.1) is 0 Å². The van der Waals surface area contributed by atoms with E-state index in [1.807, 2.05) is 19.2 Å². The third-order valence-electron chi connectivity index (χ3n) is 3.60. The normalized spacial score (nSPS) is 11.2. The summed E-state index contributed by atoms with van der Waals surface area (Å²) in [6.45, 7) is 2.16. The molecule has 2 nitrogen and oxygen atoms in total. The van der Waals surface area contributed by atoms with Crippen molar-refractivity contribution in [2.24, 2.45) is 7.05 Å². The minimum absolute atomic E-state index is 0.0652. The Kier molecular flexibility index (Phi) is 2.44. The van der Waals surface area contributed by atoms with E-state index < -0.39 is 0 Å². The van der Waals surface area contributed by atoms with Gasteiger partial charge in [-0.15, -0.1) is 0 Å². The van der Waals surface area contributed by atoms with Crippen LogP contribution in [0.2, 0.25) is 0 Å². The van der Waals surface area contributed by atoms with Crippen LogP contribution in [0.5, 0.6) is 0 Å². The molecule has 0 spiro atoms. The highest BCUT2D eigenvalue weighted by Gasteiger charge is 2.14. The molecule has 1 aromatic rings. The monoisotopic (exact) mass is 237 g/mol. The molecule has 2 heteroatoms. The molecule has 1 aliphatic heterocycles. The molecule has 0 unspecified atom stereocenters. The third kappa shape index (κ3) is 1.46. The topological polar surface area (TPSA) is 22.0 Å². The number of aryl methyl sites for hydroxylation is 2. The van der Waals surface area contributed by atoms with Crippen molar-refractivity contribution in [1.29, 1.82) is 0 Å². The molecule has 1 aromatic carbocycles. The molecule has 0 saturated heterocycles. The summed E-state index contributed by atoms with van der Waals surface area (Å²) < 4.78 is 2.10. The van der Waals surface area contributed by atoms with Crippen LogP contribution >= 0.6 is 0 Å². The average Bonchev–Trinajstić information content (AvgIpc) is 2.40. The molecule has 3 rings (SSSR count). The Balaban J connectivity index is 2.61. The van der Waals surface area contributed by atoms with Gasteiger partial charge in [0.05, 0.1) is 5.69 Å². The second-order valence-electron chi connectivity index (χ2n) is 4.59. The molecular weight excluding hydrogens is 222 g/mol. The molecule has 0 fully saturated rings. The first-order valence-corrected chi connectivity index (χ1v) is 6.22. The number of aromatic nitrogens is 1. The average molecular weight is 237 g/mol. The molecular formula is C16H15NO. The molecule has 1 aliphatic carbocycles. The van der Waals surface area contributed by atoms with E-state index in [9.17, 15) is 4.79 Å². The zero-order valence-electron chi connectivity index (χ0n) is 10.6. The SMILES string of the molecule is CCc1c2ccc(=O)cc-2n(C)c2ccccc12. The maximum atomic E-state index is 11.6. The van der Waals surface area contributed by atoms with Crippen LogP contribution in [0.4, 0.5) is 0 Å². The van der Waals surface area contributed by atoms with Gasteiger partial charge in [0.2, 0.25) is 0 Å². The Morgan fingerprint density at radius 2 is 1.89 bits per heavy atom. The number of benzene rings is 2. The van der Waals surface area contributed by atoms with Crippen LogP contribution in [0.1, 0.15) is 12.5 Å². The van der Waals surface area contributed by atoms with Crippen molar-refractivity contribution in [3.8, 4) is 11.3 Å². The summed E-state index contributed by atoms with van der Waals surface area (Å²) in [5, 5.41) is 1.27. The predicted octanol–water partition coefficient (Wildman–Crippen LogP) is 3.21. The molecule has 2 aliphatic rings. The zero-order chi connectivity index (χ0) is 12.7. The molecule has 0 atom stereocenters. The van der Waals surface area contributed by atoms with Gasteiger partial charge in [-0.2, -0.15) is 0 Å². The van der Waals surface area contributed by atoms with Gasteiger partial charge in [0.1, 0.15) is 0 Å². The fourth-order valence-electron chi connectivity index (χ4n) is 2.72. The molecule has 0 N–H and O–H groups in total. The summed E-state index contributed by atoms with van der Waals surface area (Å²) in [5.74, 6) is 0. The molecule has 0 saturated carbocycles. The summed E-state index contributed by atoms with van der Waals surface area (Å²) in [6.07, 6.45) is 0.968. The number of nitrogens with zero attached hydrogens (tertiary/aromatic N) is 1. The van der Waals surface area contributed by atoms with Crippen molar-refractivity contribution in [3.63, 3.8) is 0 Å². The van der Waals surface area contributed by atoms with Crippen molar-refractivity contribution in [2.75, 3.05) is 0 Å². The van der Waals surface area contributed by atoms with Crippen molar-refractivity contribution in [3.05, 3.63) is 58.3 Å². The molecule has 0 amide bonds. The molecule has 0 aromatic heterocycles. The van der Waals surface area contributed by atoms with E-state index in [0.29, 0.717) is 0 Å². The fourth-order valence-corrected chi connectivity index (χ4v) is 2.72. The first-order valence-electron chi connectivity index (χ1n) is 6.22. The highest BCUT2D eigenvalue weighted by Crippen LogP contribution is 2.31. The first kappa shape index (κ1) is 11.0. The second-order valence-corrected chi connectivity index (χ2v) is 4.59. The van der Waals surface area contributed by atoms with Gasteiger partial charge in [0, 0.05) is 29.6 Å². The lowest BCUT2D eigenvalue weighted by atomic mass is 9.95. The summed E-state index contributed by atoms with van der Waals surface area (Å²) in [4.78, 5) is 11.6. The third-order valence-corrected chi connectivity index (χ3v) is 3.60. The van der Waals surface area contributed by atoms with Gasteiger partial charge in [0.15, 0.2) is 5.43 Å². The Labute approximate surface area is 106 Å². The van der Waals surface area contributed by atoms with Gasteiger partial charge in [-0.25, -0.2) is 0 Å². The molecule has 0 bridgehead atoms. The maximum absolute atomic E-state index is 11.6. The van der Waals surface area contributed by atoms with Crippen LogP contribution in [0.25, 0.3) is 22.2 Å². The zero-order valence-corrected chi connectivity index (χ0v) is 10.6. The fraction of sp³-hybridized carbons (Fsp3) is 0.188. The van der Waals surface area contributed by atoms with Crippen LogP contribution in [0.3, 0.4) is 0 Å². The van der Waals surface area contributed by atoms with E-state index in [-0.39, 0.29) is 5.43 Å². The highest BCUT2D eigenvalue weighted by atomic mass is 16.1. The van der Waals surface area contributed by atoms with E-state index in [0.717, 1.165) is 12.1 Å². The van der Waals surface area contributed by atoms with Gasteiger partial charge >= 0.3 is 0 Å². The first-order chi connectivity index (χ1) is 8.72. The number of hydrogen-bond acceptors (Lipinski definition) is 1. The van der Waals surface area contributed by atoms with Crippen LogP contribution in [0.15, 0.2) is 47.3 Å². The summed E-state index contributed by atoms with van der Waals surface area (Å²) in [6, 6.07) is 13.7. The maximum Gasteiger partial charge on any atom is 0.180 e. The molecule has 1 heterocycles. The number of para-hydroxylation sites is 1. The van der Waals surface area contributed by atoms with Crippen LogP contribution in [-0.2, 0) is 13.5 Å². The lowest BCUT2D eigenvalue weighted by Gasteiger charge is -2.19. The summed E-state index contributed by atoms with van der Waals surface area (Å²) in [5.41, 5.74) is 4.75. The van der Waals surface area contributed by atoms with E-state index in [1.54, 1.807) is 12.1 Å². The van der Waals surface area contributed by atoms with Gasteiger partial charge < -0.3 is 4.57 Å². The standard InChI is InChI=1S/C16H15NO/c1-3-12-13-6-4-5-7-15(13)17(2)16-10-11(18)8-9-14(12)16/h4-10H,3H2,1-2H3. The Morgan fingerprint density at radius 1 is 1.11 bits per heavy atom. The van der Waals surface area contributed by atoms with Gasteiger partial charge in [-0.05, 0) is 30.2 Å². The Hall–Kier alpha value is -2.09. The van der Waals surface area contributed by atoms with E-state index in [1.165, 1.54) is 22.0 Å². The largest absolute Gasteiger partial charge is 0.344 e.